The van der Waals surface area contributed by atoms with Gasteiger partial charge in [-0.05, 0) is 30.4 Å². The number of carbonyl (C=O) groups excluding carboxylic acids is 1. The SMILES string of the molecule is O=C(CSc1nnc(-c2ccccc2)n1-c1ccccc1)NN=C/C=C\c1ccccc1[N+](=O)[O-]. The van der Waals surface area contributed by atoms with Crippen molar-refractivity contribution in [3.63, 3.8) is 0 Å². The van der Waals surface area contributed by atoms with E-state index in [1.807, 2.05) is 65.2 Å². The average Bonchev–Trinajstić information content (AvgIpc) is 3.32. The number of nitrogens with one attached hydrogen (secondary N) is 1. The highest BCUT2D eigenvalue weighted by Crippen LogP contribution is 2.27. The van der Waals surface area contributed by atoms with E-state index in [0.29, 0.717) is 16.5 Å². The van der Waals surface area contributed by atoms with Gasteiger partial charge in [0, 0.05) is 23.5 Å². The zero-order chi connectivity index (χ0) is 24.5. The van der Waals surface area contributed by atoms with E-state index in [1.165, 1.54) is 30.1 Å². The number of thioether (sulfide) groups is 1. The van der Waals surface area contributed by atoms with Crippen LogP contribution in [-0.2, 0) is 4.79 Å². The van der Waals surface area contributed by atoms with Gasteiger partial charge in [-0.15, -0.1) is 10.2 Å². The number of aromatic nitrogens is 3. The maximum absolute atomic E-state index is 12.3. The molecule has 1 heterocycles. The molecule has 0 saturated carbocycles. The molecule has 0 aliphatic carbocycles. The molecular formula is C25H20N6O3S. The number of allylic oxidation sites excluding steroid dienone is 1. The predicted molar refractivity (Wildman–Crippen MR) is 136 cm³/mol. The zero-order valence-corrected chi connectivity index (χ0v) is 19.2. The first-order valence-electron chi connectivity index (χ1n) is 10.5. The molecule has 1 amide bonds. The van der Waals surface area contributed by atoms with Crippen molar-refractivity contribution in [3.05, 3.63) is 107 Å². The van der Waals surface area contributed by atoms with Gasteiger partial charge in [0.25, 0.3) is 11.6 Å². The molecule has 4 aromatic rings. The van der Waals surface area contributed by atoms with Crippen molar-refractivity contribution >= 4 is 35.6 Å². The second kappa shape index (κ2) is 11.5. The molecule has 0 aliphatic heterocycles. The topological polar surface area (TPSA) is 115 Å². The number of para-hydroxylation sites is 2. The maximum Gasteiger partial charge on any atom is 0.276 e. The Labute approximate surface area is 205 Å². The monoisotopic (exact) mass is 484 g/mol. The molecule has 35 heavy (non-hydrogen) atoms. The van der Waals surface area contributed by atoms with Crippen LogP contribution in [0.2, 0.25) is 0 Å². The summed E-state index contributed by atoms with van der Waals surface area (Å²) in [5.74, 6) is 0.428. The molecule has 1 aromatic heterocycles. The molecule has 0 saturated heterocycles. The standard InChI is InChI=1S/C25H20N6O3S/c32-23(27-26-17-9-13-19-10-7-8-16-22(19)31(33)34)18-35-25-29-28-24(20-11-3-1-4-12-20)30(25)21-14-5-2-6-15-21/h1-17H,18H2,(H,27,32)/b13-9-,26-17?. The summed E-state index contributed by atoms with van der Waals surface area (Å²) in [4.78, 5) is 22.9. The maximum atomic E-state index is 12.3. The number of hydrogen-bond donors (Lipinski definition) is 1. The van der Waals surface area contributed by atoms with Gasteiger partial charge in [0.1, 0.15) is 0 Å². The second-order valence-corrected chi connectivity index (χ2v) is 8.06. The fourth-order valence-electron chi connectivity index (χ4n) is 3.20. The molecule has 4 rings (SSSR count). The highest BCUT2D eigenvalue weighted by atomic mass is 32.2. The molecule has 0 spiro atoms. The summed E-state index contributed by atoms with van der Waals surface area (Å²) < 4.78 is 1.91. The lowest BCUT2D eigenvalue weighted by Gasteiger charge is -2.10. The summed E-state index contributed by atoms with van der Waals surface area (Å²) in [5.41, 5.74) is 4.68. The fourth-order valence-corrected chi connectivity index (χ4v) is 3.95. The Morgan fingerprint density at radius 1 is 1.00 bits per heavy atom. The van der Waals surface area contributed by atoms with Gasteiger partial charge in [-0.1, -0.05) is 72.4 Å². The van der Waals surface area contributed by atoms with E-state index in [1.54, 1.807) is 24.3 Å². The Hall–Kier alpha value is -4.57. The molecule has 1 N–H and O–H groups in total. The van der Waals surface area contributed by atoms with Crippen molar-refractivity contribution < 1.29 is 9.72 Å². The van der Waals surface area contributed by atoms with Gasteiger partial charge >= 0.3 is 0 Å². The number of carbonyl (C=O) groups is 1. The minimum atomic E-state index is -0.451. The highest BCUT2D eigenvalue weighted by molar-refractivity contribution is 7.99. The van der Waals surface area contributed by atoms with Crippen molar-refractivity contribution in [3.8, 4) is 17.1 Å². The zero-order valence-electron chi connectivity index (χ0n) is 18.4. The normalized spacial score (nSPS) is 11.2. The van der Waals surface area contributed by atoms with Crippen LogP contribution >= 0.6 is 11.8 Å². The van der Waals surface area contributed by atoms with Crippen LogP contribution in [0.4, 0.5) is 5.69 Å². The summed E-state index contributed by atoms with van der Waals surface area (Å²) in [6.45, 7) is 0. The molecular weight excluding hydrogens is 464 g/mol. The average molecular weight is 485 g/mol. The first-order valence-corrected chi connectivity index (χ1v) is 11.5. The van der Waals surface area contributed by atoms with Gasteiger partial charge in [0.05, 0.1) is 16.2 Å². The van der Waals surface area contributed by atoms with Gasteiger partial charge in [-0.25, -0.2) is 5.43 Å². The molecule has 0 aliphatic rings. The number of nitro groups is 1. The molecule has 0 fully saturated rings. The Balaban J connectivity index is 1.40. The van der Waals surface area contributed by atoms with Crippen LogP contribution in [0.25, 0.3) is 23.2 Å². The second-order valence-electron chi connectivity index (χ2n) is 7.12. The van der Waals surface area contributed by atoms with Gasteiger partial charge in [0.15, 0.2) is 11.0 Å². The van der Waals surface area contributed by atoms with Crippen molar-refractivity contribution in [1.29, 1.82) is 0 Å². The van der Waals surface area contributed by atoms with Crippen molar-refractivity contribution in [2.75, 3.05) is 5.75 Å². The molecule has 0 unspecified atom stereocenters. The van der Waals surface area contributed by atoms with Gasteiger partial charge in [-0.3, -0.25) is 19.5 Å². The minimum Gasteiger partial charge on any atom is -0.272 e. The molecule has 0 radical (unpaired) electrons. The third-order valence-electron chi connectivity index (χ3n) is 4.77. The van der Waals surface area contributed by atoms with E-state index < -0.39 is 4.92 Å². The van der Waals surface area contributed by atoms with Gasteiger partial charge in [-0.2, -0.15) is 5.10 Å². The van der Waals surface area contributed by atoms with E-state index in [-0.39, 0.29) is 17.3 Å². The number of nitro benzene ring substituents is 1. The van der Waals surface area contributed by atoms with Crippen LogP contribution in [-0.4, -0.2) is 37.6 Å². The first kappa shape index (κ1) is 23.6. The van der Waals surface area contributed by atoms with Gasteiger partial charge in [0.2, 0.25) is 0 Å². The Morgan fingerprint density at radius 2 is 1.69 bits per heavy atom. The summed E-state index contributed by atoms with van der Waals surface area (Å²) in [6, 6.07) is 25.8. The number of hydrazone groups is 1. The largest absolute Gasteiger partial charge is 0.276 e. The molecule has 10 heteroatoms. The van der Waals surface area contributed by atoms with E-state index in [9.17, 15) is 14.9 Å². The predicted octanol–water partition coefficient (Wildman–Crippen LogP) is 4.75. The van der Waals surface area contributed by atoms with Crippen molar-refractivity contribution in [2.24, 2.45) is 5.10 Å². The highest BCUT2D eigenvalue weighted by Gasteiger charge is 2.17. The summed E-state index contributed by atoms with van der Waals surface area (Å²) in [6.07, 6.45) is 4.43. The van der Waals surface area contributed by atoms with E-state index in [4.69, 9.17) is 0 Å². The van der Waals surface area contributed by atoms with E-state index >= 15 is 0 Å². The summed E-state index contributed by atoms with van der Waals surface area (Å²) >= 11 is 1.24. The lowest BCUT2D eigenvalue weighted by Crippen LogP contribution is -2.19. The number of rotatable bonds is 9. The third kappa shape index (κ3) is 6.06. The number of hydrogen-bond acceptors (Lipinski definition) is 7. The van der Waals surface area contributed by atoms with Crippen LogP contribution in [0.5, 0.6) is 0 Å². The third-order valence-corrected chi connectivity index (χ3v) is 5.70. The van der Waals surface area contributed by atoms with Crippen LogP contribution in [0.15, 0.2) is 101 Å². The van der Waals surface area contributed by atoms with Crippen LogP contribution in [0.3, 0.4) is 0 Å². The van der Waals surface area contributed by atoms with E-state index in [0.717, 1.165) is 11.3 Å². The Bertz CT molecular complexity index is 1370. The molecule has 3 aromatic carbocycles. The van der Waals surface area contributed by atoms with Crippen LogP contribution in [0, 0.1) is 10.1 Å². The molecule has 174 valence electrons. The lowest BCUT2D eigenvalue weighted by molar-refractivity contribution is -0.385. The molecule has 0 atom stereocenters. The van der Waals surface area contributed by atoms with Crippen molar-refractivity contribution in [1.82, 2.24) is 20.2 Å². The van der Waals surface area contributed by atoms with Crippen LogP contribution in [0.1, 0.15) is 5.56 Å². The van der Waals surface area contributed by atoms with E-state index in [2.05, 4.69) is 20.7 Å². The van der Waals surface area contributed by atoms with Crippen LogP contribution < -0.4 is 5.43 Å². The molecule has 9 nitrogen and oxygen atoms in total. The smallest absolute Gasteiger partial charge is 0.272 e. The first-order chi connectivity index (χ1) is 17.1. The number of benzene rings is 3. The summed E-state index contributed by atoms with van der Waals surface area (Å²) in [7, 11) is 0. The lowest BCUT2D eigenvalue weighted by atomic mass is 10.2. The molecule has 0 bridgehead atoms. The Morgan fingerprint density at radius 3 is 2.43 bits per heavy atom. The fraction of sp³-hybridized carbons (Fsp3) is 0.0400. The van der Waals surface area contributed by atoms with Crippen molar-refractivity contribution in [2.45, 2.75) is 5.16 Å². The quantitative estimate of drug-likeness (QED) is 0.159. The van der Waals surface area contributed by atoms with Gasteiger partial charge < -0.3 is 0 Å². The Kier molecular flexibility index (Phi) is 7.77. The number of nitrogens with zero attached hydrogens (tertiary/aromatic N) is 5. The minimum absolute atomic E-state index is 0.00464. The number of amides is 1. The summed E-state index contributed by atoms with van der Waals surface area (Å²) in [5, 5.41) is 24.1.